The molecule has 2 amide bonds. The largest absolute Gasteiger partial charge is 0.349 e. The number of carbonyl (C=O) groups excluding carboxylic acids is 2. The average molecular weight is 297 g/mol. The Kier molecular flexibility index (Phi) is 5.65. The van der Waals surface area contributed by atoms with Crippen LogP contribution in [0.25, 0.3) is 0 Å². The van der Waals surface area contributed by atoms with Crippen molar-refractivity contribution >= 4 is 11.8 Å². The maximum atomic E-state index is 12.0. The van der Waals surface area contributed by atoms with E-state index in [9.17, 15) is 9.59 Å². The van der Waals surface area contributed by atoms with Gasteiger partial charge in [0.15, 0.2) is 0 Å². The predicted molar refractivity (Wildman–Crippen MR) is 83.6 cm³/mol. The average Bonchev–Trinajstić information content (AvgIpc) is 2.54. The number of pyridine rings is 1. The van der Waals surface area contributed by atoms with E-state index in [-0.39, 0.29) is 18.4 Å². The monoisotopic (exact) mass is 297 g/mol. The summed E-state index contributed by atoms with van der Waals surface area (Å²) in [6.07, 6.45) is 1.68. The van der Waals surface area contributed by atoms with Gasteiger partial charge in [0, 0.05) is 19.7 Å². The summed E-state index contributed by atoms with van der Waals surface area (Å²) in [4.78, 5) is 29.3. The molecule has 0 aliphatic carbocycles. The van der Waals surface area contributed by atoms with E-state index in [0.717, 1.165) is 11.3 Å². The van der Waals surface area contributed by atoms with Crippen LogP contribution in [-0.4, -0.2) is 28.2 Å². The first-order chi connectivity index (χ1) is 10.6. The standard InChI is InChI=1S/C17H19N3O2/c1-14(21)20(12-15-7-3-2-4-8-15)13-17(22)19-11-16-9-5-6-10-18-16/h2-10H,11-13H2,1H3,(H,19,22). The van der Waals surface area contributed by atoms with E-state index in [1.54, 1.807) is 6.20 Å². The van der Waals surface area contributed by atoms with Gasteiger partial charge >= 0.3 is 0 Å². The lowest BCUT2D eigenvalue weighted by Crippen LogP contribution is -2.39. The minimum absolute atomic E-state index is 0.0388. The van der Waals surface area contributed by atoms with Crippen LogP contribution < -0.4 is 5.32 Å². The van der Waals surface area contributed by atoms with Crippen LogP contribution in [0.2, 0.25) is 0 Å². The van der Waals surface area contributed by atoms with Gasteiger partial charge < -0.3 is 10.2 Å². The Bertz CT molecular complexity index is 614. The normalized spacial score (nSPS) is 10.0. The molecule has 114 valence electrons. The number of nitrogens with one attached hydrogen (secondary N) is 1. The smallest absolute Gasteiger partial charge is 0.239 e. The molecular weight excluding hydrogens is 278 g/mol. The summed E-state index contributed by atoms with van der Waals surface area (Å²) < 4.78 is 0. The predicted octanol–water partition coefficient (Wildman–Crippen LogP) is 1.75. The summed E-state index contributed by atoms with van der Waals surface area (Å²) in [6.45, 7) is 2.29. The van der Waals surface area contributed by atoms with Crippen LogP contribution >= 0.6 is 0 Å². The van der Waals surface area contributed by atoms with Crippen LogP contribution in [0, 0.1) is 0 Å². The van der Waals surface area contributed by atoms with E-state index in [1.807, 2.05) is 48.5 Å². The third kappa shape index (κ3) is 5.01. The molecule has 1 aromatic carbocycles. The first-order valence-electron chi connectivity index (χ1n) is 7.11. The quantitative estimate of drug-likeness (QED) is 0.883. The molecule has 0 atom stereocenters. The Morgan fingerprint density at radius 1 is 1.09 bits per heavy atom. The molecule has 0 bridgehead atoms. The molecule has 2 aromatic rings. The van der Waals surface area contributed by atoms with Gasteiger partial charge in [0.05, 0.1) is 18.8 Å². The molecule has 0 spiro atoms. The maximum Gasteiger partial charge on any atom is 0.239 e. The van der Waals surface area contributed by atoms with E-state index in [0.29, 0.717) is 13.1 Å². The molecule has 22 heavy (non-hydrogen) atoms. The van der Waals surface area contributed by atoms with Crippen molar-refractivity contribution in [1.82, 2.24) is 15.2 Å². The van der Waals surface area contributed by atoms with Crippen LogP contribution in [0.1, 0.15) is 18.2 Å². The van der Waals surface area contributed by atoms with Gasteiger partial charge in [0.1, 0.15) is 0 Å². The fourth-order valence-corrected chi connectivity index (χ4v) is 2.00. The Morgan fingerprint density at radius 3 is 2.45 bits per heavy atom. The number of amides is 2. The fraction of sp³-hybridized carbons (Fsp3) is 0.235. The third-order valence-corrected chi connectivity index (χ3v) is 3.19. The molecule has 2 rings (SSSR count). The van der Waals surface area contributed by atoms with E-state index < -0.39 is 0 Å². The summed E-state index contributed by atoms with van der Waals surface area (Å²) in [5, 5.41) is 2.77. The molecule has 1 N–H and O–H groups in total. The zero-order chi connectivity index (χ0) is 15.8. The SMILES string of the molecule is CC(=O)N(CC(=O)NCc1ccccn1)Cc1ccccc1. The highest BCUT2D eigenvalue weighted by atomic mass is 16.2. The lowest BCUT2D eigenvalue weighted by molar-refractivity contribution is -0.135. The van der Waals surface area contributed by atoms with Gasteiger partial charge in [0.2, 0.25) is 11.8 Å². The van der Waals surface area contributed by atoms with Crippen molar-refractivity contribution < 1.29 is 9.59 Å². The molecule has 1 heterocycles. The number of carbonyl (C=O) groups is 2. The minimum atomic E-state index is -0.197. The van der Waals surface area contributed by atoms with Gasteiger partial charge in [0.25, 0.3) is 0 Å². The van der Waals surface area contributed by atoms with Gasteiger partial charge in [-0.25, -0.2) is 0 Å². The summed E-state index contributed by atoms with van der Waals surface area (Å²) >= 11 is 0. The lowest BCUT2D eigenvalue weighted by Gasteiger charge is -2.20. The van der Waals surface area contributed by atoms with Crippen LogP contribution in [-0.2, 0) is 22.7 Å². The molecular formula is C17H19N3O2. The highest BCUT2D eigenvalue weighted by Crippen LogP contribution is 2.04. The minimum Gasteiger partial charge on any atom is -0.349 e. The molecule has 0 saturated carbocycles. The topological polar surface area (TPSA) is 62.3 Å². The van der Waals surface area contributed by atoms with Crippen molar-refractivity contribution in [2.45, 2.75) is 20.0 Å². The number of benzene rings is 1. The Labute approximate surface area is 130 Å². The second kappa shape index (κ2) is 7.93. The lowest BCUT2D eigenvalue weighted by atomic mass is 10.2. The van der Waals surface area contributed by atoms with Crippen molar-refractivity contribution in [2.24, 2.45) is 0 Å². The summed E-state index contributed by atoms with van der Waals surface area (Å²) in [6, 6.07) is 15.1. The van der Waals surface area contributed by atoms with Crippen molar-refractivity contribution in [2.75, 3.05) is 6.54 Å². The number of rotatable bonds is 6. The first-order valence-corrected chi connectivity index (χ1v) is 7.11. The zero-order valence-electron chi connectivity index (χ0n) is 12.5. The van der Waals surface area contributed by atoms with Crippen LogP contribution in [0.3, 0.4) is 0 Å². The first kappa shape index (κ1) is 15.7. The highest BCUT2D eigenvalue weighted by Gasteiger charge is 2.13. The second-order valence-corrected chi connectivity index (χ2v) is 4.96. The molecule has 5 nitrogen and oxygen atoms in total. The second-order valence-electron chi connectivity index (χ2n) is 4.96. The van der Waals surface area contributed by atoms with Gasteiger partial charge in [-0.2, -0.15) is 0 Å². The van der Waals surface area contributed by atoms with E-state index in [4.69, 9.17) is 0 Å². The van der Waals surface area contributed by atoms with Crippen LogP contribution in [0.4, 0.5) is 0 Å². The number of hydrogen-bond donors (Lipinski definition) is 1. The zero-order valence-corrected chi connectivity index (χ0v) is 12.5. The van der Waals surface area contributed by atoms with Crippen molar-refractivity contribution in [3.8, 4) is 0 Å². The molecule has 5 heteroatoms. The summed E-state index contributed by atoms with van der Waals surface area (Å²) in [5.74, 6) is -0.325. The number of hydrogen-bond acceptors (Lipinski definition) is 3. The molecule has 0 aliphatic rings. The van der Waals surface area contributed by atoms with Crippen molar-refractivity contribution in [3.05, 3.63) is 66.0 Å². The molecule has 0 fully saturated rings. The van der Waals surface area contributed by atoms with Gasteiger partial charge in [-0.15, -0.1) is 0 Å². The Morgan fingerprint density at radius 2 is 1.82 bits per heavy atom. The molecule has 1 aromatic heterocycles. The Balaban J connectivity index is 1.88. The molecule has 0 aliphatic heterocycles. The van der Waals surface area contributed by atoms with Crippen LogP contribution in [0.5, 0.6) is 0 Å². The summed E-state index contributed by atoms with van der Waals surface area (Å²) in [7, 11) is 0. The molecule has 0 unspecified atom stereocenters. The van der Waals surface area contributed by atoms with Gasteiger partial charge in [-0.05, 0) is 17.7 Å². The highest BCUT2D eigenvalue weighted by molar-refractivity contribution is 5.83. The van der Waals surface area contributed by atoms with Crippen LogP contribution in [0.15, 0.2) is 54.7 Å². The van der Waals surface area contributed by atoms with Gasteiger partial charge in [-0.1, -0.05) is 36.4 Å². The molecule has 0 saturated heterocycles. The fourth-order valence-electron chi connectivity index (χ4n) is 2.00. The van der Waals surface area contributed by atoms with Gasteiger partial charge in [-0.3, -0.25) is 14.6 Å². The van der Waals surface area contributed by atoms with E-state index >= 15 is 0 Å². The third-order valence-electron chi connectivity index (χ3n) is 3.19. The van der Waals surface area contributed by atoms with E-state index in [1.165, 1.54) is 11.8 Å². The molecule has 0 radical (unpaired) electrons. The van der Waals surface area contributed by atoms with Crippen molar-refractivity contribution in [1.29, 1.82) is 0 Å². The van der Waals surface area contributed by atoms with E-state index in [2.05, 4.69) is 10.3 Å². The Hall–Kier alpha value is -2.69. The maximum absolute atomic E-state index is 12.0. The number of aromatic nitrogens is 1. The van der Waals surface area contributed by atoms with Crippen molar-refractivity contribution in [3.63, 3.8) is 0 Å². The summed E-state index contributed by atoms with van der Waals surface area (Å²) in [5.41, 5.74) is 1.78. The number of nitrogens with zero attached hydrogens (tertiary/aromatic N) is 2.